The molecule has 2 nitrogen and oxygen atoms in total. The van der Waals surface area contributed by atoms with Gasteiger partial charge in [-0.1, -0.05) is 32.0 Å². The maximum Gasteiger partial charge on any atom is 0.101 e. The van der Waals surface area contributed by atoms with Crippen molar-refractivity contribution in [1.82, 2.24) is 0 Å². The molecule has 0 atom stereocenters. The second-order valence-corrected chi connectivity index (χ2v) is 4.14. The van der Waals surface area contributed by atoms with Crippen molar-refractivity contribution in [2.24, 2.45) is 10.9 Å². The van der Waals surface area contributed by atoms with Crippen LogP contribution in [0.3, 0.4) is 0 Å². The molecule has 1 N–H and O–H groups in total. The van der Waals surface area contributed by atoms with Gasteiger partial charge in [-0.15, -0.1) is 0 Å². The molecule has 1 aromatic carbocycles. The second-order valence-electron chi connectivity index (χ2n) is 4.14. The van der Waals surface area contributed by atoms with Crippen LogP contribution in [0.5, 0.6) is 0 Å². The molecule has 2 rings (SSSR count). The number of nitrogens with one attached hydrogen (secondary N) is 1. The molecule has 74 valence electrons. The molecule has 2 heteroatoms. The fraction of sp³-hybridized carbons (Fsp3) is 0.417. The molecule has 1 heterocycles. The minimum atomic E-state index is 0.659. The molecule has 0 fully saturated rings. The number of rotatable bonds is 2. The summed E-state index contributed by atoms with van der Waals surface area (Å²) in [6, 6.07) is 8.36. The van der Waals surface area contributed by atoms with Crippen LogP contribution < -0.4 is 5.32 Å². The van der Waals surface area contributed by atoms with E-state index in [4.69, 9.17) is 0 Å². The third-order valence-corrected chi connectivity index (χ3v) is 2.34. The fourth-order valence-corrected chi connectivity index (χ4v) is 1.66. The summed E-state index contributed by atoms with van der Waals surface area (Å²) in [6.45, 7) is 5.25. The van der Waals surface area contributed by atoms with Crippen LogP contribution in [0.4, 0.5) is 5.69 Å². The average Bonchev–Trinajstić information content (AvgIpc) is 2.17. The van der Waals surface area contributed by atoms with Crippen molar-refractivity contribution in [3.63, 3.8) is 0 Å². The molecule has 0 radical (unpaired) electrons. The van der Waals surface area contributed by atoms with E-state index in [1.165, 1.54) is 11.3 Å². The summed E-state index contributed by atoms with van der Waals surface area (Å²) >= 11 is 0. The number of benzene rings is 1. The van der Waals surface area contributed by atoms with E-state index in [9.17, 15) is 0 Å². The first-order valence-electron chi connectivity index (χ1n) is 5.14. The molecule has 0 bridgehead atoms. The Morgan fingerprint density at radius 2 is 2.14 bits per heavy atom. The normalized spacial score (nSPS) is 14.6. The van der Waals surface area contributed by atoms with Gasteiger partial charge in [-0.25, -0.2) is 0 Å². The Kier molecular flexibility index (Phi) is 2.53. The van der Waals surface area contributed by atoms with Gasteiger partial charge in [-0.3, -0.25) is 4.99 Å². The SMILES string of the molecule is CC(C)CC1=NCc2ccccc2N1. The molecule has 1 aliphatic rings. The quantitative estimate of drug-likeness (QED) is 0.758. The van der Waals surface area contributed by atoms with E-state index < -0.39 is 0 Å². The number of aliphatic imine (C=N–C) groups is 1. The van der Waals surface area contributed by atoms with Gasteiger partial charge >= 0.3 is 0 Å². The first-order chi connectivity index (χ1) is 6.75. The Morgan fingerprint density at radius 1 is 1.36 bits per heavy atom. The highest BCUT2D eigenvalue weighted by Crippen LogP contribution is 2.21. The smallest absolute Gasteiger partial charge is 0.101 e. The number of hydrogen-bond acceptors (Lipinski definition) is 2. The Hall–Kier alpha value is -1.31. The van der Waals surface area contributed by atoms with E-state index >= 15 is 0 Å². The second kappa shape index (κ2) is 3.82. The molecule has 1 aliphatic heterocycles. The lowest BCUT2D eigenvalue weighted by Crippen LogP contribution is -2.19. The van der Waals surface area contributed by atoms with Gasteiger partial charge in [0.25, 0.3) is 0 Å². The molecule has 1 aromatic rings. The van der Waals surface area contributed by atoms with Crippen LogP contribution in [0.15, 0.2) is 29.3 Å². The van der Waals surface area contributed by atoms with E-state index in [-0.39, 0.29) is 0 Å². The van der Waals surface area contributed by atoms with Crippen LogP contribution in [0.1, 0.15) is 25.8 Å². The maximum absolute atomic E-state index is 4.52. The van der Waals surface area contributed by atoms with Gasteiger partial charge in [0, 0.05) is 12.1 Å². The topological polar surface area (TPSA) is 24.4 Å². The van der Waals surface area contributed by atoms with Crippen molar-refractivity contribution >= 4 is 11.5 Å². The predicted molar refractivity (Wildman–Crippen MR) is 60.7 cm³/mol. The summed E-state index contributed by atoms with van der Waals surface area (Å²) in [6.07, 6.45) is 1.04. The van der Waals surface area contributed by atoms with Crippen LogP contribution in [0.2, 0.25) is 0 Å². The summed E-state index contributed by atoms with van der Waals surface area (Å²) in [5.41, 5.74) is 2.51. The number of fused-ring (bicyclic) bond motifs is 1. The monoisotopic (exact) mass is 188 g/mol. The first kappa shape index (κ1) is 9.25. The van der Waals surface area contributed by atoms with Crippen LogP contribution in [0, 0.1) is 5.92 Å². The number of nitrogens with zero attached hydrogens (tertiary/aromatic N) is 1. The van der Waals surface area contributed by atoms with Crippen molar-refractivity contribution in [3.8, 4) is 0 Å². The lowest BCUT2D eigenvalue weighted by Gasteiger charge is -2.19. The van der Waals surface area contributed by atoms with Gasteiger partial charge in [0.15, 0.2) is 0 Å². The number of anilines is 1. The summed E-state index contributed by atoms with van der Waals surface area (Å²) in [7, 11) is 0. The number of hydrogen-bond donors (Lipinski definition) is 1. The Labute approximate surface area is 85.1 Å². The molecule has 0 aromatic heterocycles. The summed E-state index contributed by atoms with van der Waals surface area (Å²) in [5.74, 6) is 1.78. The third kappa shape index (κ3) is 1.95. The highest BCUT2D eigenvalue weighted by molar-refractivity contribution is 5.97. The van der Waals surface area contributed by atoms with E-state index in [1.807, 2.05) is 0 Å². The average molecular weight is 188 g/mol. The van der Waals surface area contributed by atoms with Gasteiger partial charge in [-0.05, 0) is 17.5 Å². The molecular formula is C12H16N2. The molecule has 0 saturated carbocycles. The van der Waals surface area contributed by atoms with E-state index in [2.05, 4.69) is 48.4 Å². The molecule has 0 unspecified atom stereocenters. The van der Waals surface area contributed by atoms with Crippen LogP contribution in [-0.4, -0.2) is 5.84 Å². The standard InChI is InChI=1S/C12H16N2/c1-9(2)7-12-13-8-10-5-3-4-6-11(10)14-12/h3-6,9H,7-8H2,1-2H3,(H,13,14). The predicted octanol–water partition coefficient (Wildman–Crippen LogP) is 3.06. The molecule has 0 spiro atoms. The summed E-state index contributed by atoms with van der Waals surface area (Å²) < 4.78 is 0. The van der Waals surface area contributed by atoms with Crippen molar-refractivity contribution < 1.29 is 0 Å². The molecule has 0 aliphatic carbocycles. The Bertz CT molecular complexity index is 353. The van der Waals surface area contributed by atoms with E-state index in [0.717, 1.165) is 18.8 Å². The summed E-state index contributed by atoms with van der Waals surface area (Å²) in [5, 5.41) is 3.38. The minimum Gasteiger partial charge on any atom is -0.344 e. The lowest BCUT2D eigenvalue weighted by molar-refractivity contribution is 0.679. The van der Waals surface area contributed by atoms with Gasteiger partial charge in [0.2, 0.25) is 0 Å². The number of amidine groups is 1. The maximum atomic E-state index is 4.52. The Balaban J connectivity index is 2.13. The van der Waals surface area contributed by atoms with Crippen molar-refractivity contribution in [1.29, 1.82) is 0 Å². The molecule has 0 amide bonds. The molecule has 0 saturated heterocycles. The highest BCUT2D eigenvalue weighted by atomic mass is 15.0. The van der Waals surface area contributed by atoms with Gasteiger partial charge in [-0.2, -0.15) is 0 Å². The zero-order valence-corrected chi connectivity index (χ0v) is 8.75. The first-order valence-corrected chi connectivity index (χ1v) is 5.14. The van der Waals surface area contributed by atoms with Crippen LogP contribution in [0.25, 0.3) is 0 Å². The van der Waals surface area contributed by atoms with Crippen LogP contribution in [-0.2, 0) is 6.54 Å². The third-order valence-electron chi connectivity index (χ3n) is 2.34. The Morgan fingerprint density at radius 3 is 2.93 bits per heavy atom. The molecular weight excluding hydrogens is 172 g/mol. The van der Waals surface area contributed by atoms with Crippen LogP contribution >= 0.6 is 0 Å². The van der Waals surface area contributed by atoms with Crippen molar-refractivity contribution in [3.05, 3.63) is 29.8 Å². The fourth-order valence-electron chi connectivity index (χ4n) is 1.66. The lowest BCUT2D eigenvalue weighted by atomic mass is 10.1. The van der Waals surface area contributed by atoms with Gasteiger partial charge in [0.05, 0.1) is 6.54 Å². The zero-order valence-electron chi connectivity index (χ0n) is 8.75. The number of para-hydroxylation sites is 1. The molecule has 14 heavy (non-hydrogen) atoms. The highest BCUT2D eigenvalue weighted by Gasteiger charge is 2.11. The van der Waals surface area contributed by atoms with Gasteiger partial charge < -0.3 is 5.32 Å². The van der Waals surface area contributed by atoms with E-state index in [0.29, 0.717) is 5.92 Å². The van der Waals surface area contributed by atoms with Crippen molar-refractivity contribution in [2.45, 2.75) is 26.8 Å². The van der Waals surface area contributed by atoms with Crippen molar-refractivity contribution in [2.75, 3.05) is 5.32 Å². The van der Waals surface area contributed by atoms with Gasteiger partial charge in [0.1, 0.15) is 5.84 Å². The van der Waals surface area contributed by atoms with E-state index in [1.54, 1.807) is 0 Å². The zero-order chi connectivity index (χ0) is 9.97. The summed E-state index contributed by atoms with van der Waals surface area (Å²) in [4.78, 5) is 4.52. The minimum absolute atomic E-state index is 0.659. The largest absolute Gasteiger partial charge is 0.344 e.